The average molecular weight is 347 g/mol. The Balaban J connectivity index is 3.23. The highest BCUT2D eigenvalue weighted by atomic mass is 19.1. The zero-order valence-corrected chi connectivity index (χ0v) is 14.0. The van der Waals surface area contributed by atoms with E-state index in [1.807, 2.05) is 0 Å². The van der Waals surface area contributed by atoms with Gasteiger partial charge in [-0.25, -0.2) is 0 Å². The van der Waals surface area contributed by atoms with Crippen LogP contribution in [0.3, 0.4) is 0 Å². The van der Waals surface area contributed by atoms with Crippen molar-refractivity contribution in [3.63, 3.8) is 0 Å². The maximum Gasteiger partial charge on any atom is 0.303 e. The third-order valence-electron chi connectivity index (χ3n) is 3.57. The van der Waals surface area contributed by atoms with Crippen molar-refractivity contribution in [2.24, 2.45) is 5.92 Å². The molecule has 0 spiro atoms. The quantitative estimate of drug-likeness (QED) is 0.562. The van der Waals surface area contributed by atoms with Crippen LogP contribution in [-0.2, 0) is 33.4 Å². The van der Waals surface area contributed by atoms with Crippen LogP contribution in [0, 0.1) is 5.92 Å². The third kappa shape index (κ3) is 5.47. The van der Waals surface area contributed by atoms with Crippen molar-refractivity contribution in [2.45, 2.75) is 58.5 Å². The van der Waals surface area contributed by atoms with Crippen LogP contribution in [0.25, 0.3) is 0 Å². The normalized spacial score (nSPS) is 29.3. The van der Waals surface area contributed by atoms with Crippen LogP contribution in [0.5, 0.6) is 0 Å². The van der Waals surface area contributed by atoms with Gasteiger partial charge < -0.3 is 19.5 Å². The molecule has 1 N–H and O–H groups in total. The van der Waals surface area contributed by atoms with Gasteiger partial charge in [-0.15, -0.1) is 0 Å². The van der Waals surface area contributed by atoms with Gasteiger partial charge in [0.2, 0.25) is 5.91 Å². The predicted molar refractivity (Wildman–Crippen MR) is 78.3 cm³/mol. The van der Waals surface area contributed by atoms with Crippen molar-refractivity contribution in [1.29, 1.82) is 0 Å². The van der Waals surface area contributed by atoms with Crippen LogP contribution in [-0.4, -0.2) is 54.8 Å². The van der Waals surface area contributed by atoms with E-state index in [4.69, 9.17) is 14.2 Å². The van der Waals surface area contributed by atoms with Gasteiger partial charge in [-0.2, -0.15) is 0 Å². The highest BCUT2D eigenvalue weighted by molar-refractivity contribution is 5.74. The standard InChI is InChI=1S/C15H22FNO7/c1-7(18)17-13-12(22-8(2)19)5-11(6-16)14(23-9(3)20)15(13)24-10(4)21/h11-15H,5-6H2,1-4H3,(H,17,18). The molecule has 0 radical (unpaired) electrons. The highest BCUT2D eigenvalue weighted by Gasteiger charge is 2.50. The first-order chi connectivity index (χ1) is 11.1. The van der Waals surface area contributed by atoms with Gasteiger partial charge in [-0.1, -0.05) is 0 Å². The smallest absolute Gasteiger partial charge is 0.303 e. The van der Waals surface area contributed by atoms with Crippen LogP contribution >= 0.6 is 0 Å². The minimum atomic E-state index is -1.17. The highest BCUT2D eigenvalue weighted by Crippen LogP contribution is 2.32. The Bertz CT molecular complexity index is 510. The Morgan fingerprint density at radius 1 is 0.917 bits per heavy atom. The fourth-order valence-electron chi connectivity index (χ4n) is 2.85. The summed E-state index contributed by atoms with van der Waals surface area (Å²) < 4.78 is 28.9. The number of esters is 3. The summed E-state index contributed by atoms with van der Waals surface area (Å²) in [5, 5.41) is 2.53. The lowest BCUT2D eigenvalue weighted by Gasteiger charge is -2.44. The molecule has 0 saturated heterocycles. The summed E-state index contributed by atoms with van der Waals surface area (Å²) in [6.45, 7) is 3.81. The number of carbonyl (C=O) groups excluding carboxylic acids is 4. The molecule has 0 aromatic carbocycles. The molecule has 136 valence electrons. The summed E-state index contributed by atoms with van der Waals surface area (Å²) in [7, 11) is 0. The molecule has 0 aromatic heterocycles. The van der Waals surface area contributed by atoms with Crippen molar-refractivity contribution in [2.75, 3.05) is 6.67 Å². The fourth-order valence-corrected chi connectivity index (χ4v) is 2.85. The second kappa shape index (κ2) is 8.60. The van der Waals surface area contributed by atoms with E-state index < -0.39 is 60.8 Å². The Labute approximate surface area is 139 Å². The van der Waals surface area contributed by atoms with Crippen LogP contribution in [0.2, 0.25) is 0 Å². The van der Waals surface area contributed by atoms with Crippen molar-refractivity contribution >= 4 is 23.8 Å². The van der Waals surface area contributed by atoms with Gasteiger partial charge in [0, 0.05) is 33.6 Å². The third-order valence-corrected chi connectivity index (χ3v) is 3.57. The molecule has 1 rings (SSSR count). The summed E-state index contributed by atoms with van der Waals surface area (Å²) in [5.41, 5.74) is 0. The molecule has 1 saturated carbocycles. The van der Waals surface area contributed by atoms with Gasteiger partial charge in [0.15, 0.2) is 6.10 Å². The molecule has 1 amide bonds. The Hall–Kier alpha value is -2.19. The molecule has 8 nitrogen and oxygen atoms in total. The summed E-state index contributed by atoms with van der Waals surface area (Å²) >= 11 is 0. The first-order valence-corrected chi connectivity index (χ1v) is 7.50. The summed E-state index contributed by atoms with van der Waals surface area (Å²) in [4.78, 5) is 45.5. The van der Waals surface area contributed by atoms with Gasteiger partial charge in [0.05, 0.1) is 6.67 Å². The second-order valence-corrected chi connectivity index (χ2v) is 5.67. The molecular weight excluding hydrogens is 325 g/mol. The molecule has 5 atom stereocenters. The molecule has 0 heterocycles. The van der Waals surface area contributed by atoms with Crippen molar-refractivity contribution in [3.05, 3.63) is 0 Å². The van der Waals surface area contributed by atoms with Gasteiger partial charge in [0.25, 0.3) is 0 Å². The summed E-state index contributed by atoms with van der Waals surface area (Å²) in [5.74, 6) is -3.31. The van der Waals surface area contributed by atoms with Crippen molar-refractivity contribution in [3.8, 4) is 0 Å². The van der Waals surface area contributed by atoms with E-state index in [1.165, 1.54) is 13.8 Å². The van der Waals surface area contributed by atoms with Crippen molar-refractivity contribution < 1.29 is 37.8 Å². The number of hydrogen-bond acceptors (Lipinski definition) is 7. The van der Waals surface area contributed by atoms with E-state index in [2.05, 4.69) is 5.32 Å². The van der Waals surface area contributed by atoms with Crippen LogP contribution in [0.1, 0.15) is 34.1 Å². The fraction of sp³-hybridized carbons (Fsp3) is 0.733. The maximum absolute atomic E-state index is 13.4. The van der Waals surface area contributed by atoms with Crippen LogP contribution in [0.15, 0.2) is 0 Å². The lowest BCUT2D eigenvalue weighted by Crippen LogP contribution is -2.63. The van der Waals surface area contributed by atoms with E-state index in [-0.39, 0.29) is 6.42 Å². The first-order valence-electron chi connectivity index (χ1n) is 7.50. The molecule has 1 fully saturated rings. The maximum atomic E-state index is 13.4. The number of halogens is 1. The molecule has 24 heavy (non-hydrogen) atoms. The minimum absolute atomic E-state index is 0.0107. The Morgan fingerprint density at radius 2 is 1.42 bits per heavy atom. The molecule has 1 aliphatic carbocycles. The van der Waals surface area contributed by atoms with E-state index in [9.17, 15) is 23.6 Å². The number of hydrogen-bond donors (Lipinski definition) is 1. The van der Waals surface area contributed by atoms with Crippen LogP contribution in [0.4, 0.5) is 4.39 Å². The lowest BCUT2D eigenvalue weighted by atomic mass is 9.79. The zero-order valence-electron chi connectivity index (χ0n) is 14.0. The minimum Gasteiger partial charge on any atom is -0.460 e. The largest absolute Gasteiger partial charge is 0.460 e. The van der Waals surface area contributed by atoms with E-state index >= 15 is 0 Å². The molecule has 0 bridgehead atoms. The summed E-state index contributed by atoms with van der Waals surface area (Å²) in [6.07, 6.45) is -3.17. The predicted octanol–water partition coefficient (Wildman–Crippen LogP) is 0.276. The molecule has 9 heteroatoms. The van der Waals surface area contributed by atoms with Gasteiger partial charge in [-0.3, -0.25) is 23.6 Å². The van der Waals surface area contributed by atoms with E-state index in [1.54, 1.807) is 0 Å². The van der Waals surface area contributed by atoms with E-state index in [0.717, 1.165) is 13.8 Å². The zero-order chi connectivity index (χ0) is 18.4. The number of rotatable bonds is 5. The number of alkyl halides is 1. The SMILES string of the molecule is CC(=O)NC1C(OC(C)=O)CC(CF)C(OC(C)=O)C1OC(C)=O. The molecule has 0 aliphatic heterocycles. The lowest BCUT2D eigenvalue weighted by molar-refractivity contribution is -0.192. The first kappa shape index (κ1) is 19.9. The Kier molecular flexibility index (Phi) is 7.12. The topological polar surface area (TPSA) is 108 Å². The number of nitrogens with one attached hydrogen (secondary N) is 1. The average Bonchev–Trinajstić information content (AvgIpc) is 2.42. The van der Waals surface area contributed by atoms with Gasteiger partial charge >= 0.3 is 17.9 Å². The molecule has 0 aromatic rings. The summed E-state index contributed by atoms with van der Waals surface area (Å²) in [6, 6.07) is -0.956. The Morgan fingerprint density at radius 3 is 1.83 bits per heavy atom. The van der Waals surface area contributed by atoms with Crippen LogP contribution < -0.4 is 5.32 Å². The molecule has 1 aliphatic rings. The number of amides is 1. The van der Waals surface area contributed by atoms with Gasteiger partial charge in [-0.05, 0) is 6.42 Å². The monoisotopic (exact) mass is 347 g/mol. The van der Waals surface area contributed by atoms with Gasteiger partial charge in [0.1, 0.15) is 18.2 Å². The number of ether oxygens (including phenoxy) is 3. The molecular formula is C15H22FNO7. The molecule has 5 unspecified atom stereocenters. The van der Waals surface area contributed by atoms with Crippen molar-refractivity contribution in [1.82, 2.24) is 5.32 Å². The second-order valence-electron chi connectivity index (χ2n) is 5.67. The number of carbonyl (C=O) groups is 4. The van der Waals surface area contributed by atoms with E-state index in [0.29, 0.717) is 0 Å².